The highest BCUT2D eigenvalue weighted by molar-refractivity contribution is 5.97. The summed E-state index contributed by atoms with van der Waals surface area (Å²) in [7, 11) is 0. The maximum absolute atomic E-state index is 13.8. The highest BCUT2D eigenvalue weighted by Gasteiger charge is 2.06. The quantitative estimate of drug-likeness (QED) is 0.204. The summed E-state index contributed by atoms with van der Waals surface area (Å²) in [6.07, 6.45) is 7.49. The van der Waals surface area contributed by atoms with Crippen LogP contribution in [0.4, 0.5) is 4.39 Å². The van der Waals surface area contributed by atoms with Crippen LogP contribution in [0.3, 0.4) is 0 Å². The van der Waals surface area contributed by atoms with Crippen molar-refractivity contribution < 1.29 is 9.60 Å². The van der Waals surface area contributed by atoms with Crippen LogP contribution in [0.25, 0.3) is 0 Å². The zero-order valence-corrected chi connectivity index (χ0v) is 12.7. The topological polar surface area (TPSA) is 70.6 Å². The molecule has 0 spiro atoms. The summed E-state index contributed by atoms with van der Waals surface area (Å²) in [5, 5.41) is 14.7. The third-order valence-corrected chi connectivity index (χ3v) is 3.48. The van der Waals surface area contributed by atoms with E-state index in [-0.39, 0.29) is 11.7 Å². The monoisotopic (exact) mass is 295 g/mol. The Bertz CT molecular complexity index is 449. The average molecular weight is 295 g/mol. The zero-order valence-electron chi connectivity index (χ0n) is 12.7. The second-order valence-electron chi connectivity index (χ2n) is 5.24. The van der Waals surface area contributed by atoms with E-state index < -0.39 is 0 Å². The summed E-state index contributed by atoms with van der Waals surface area (Å²) in [6, 6.07) is 4.60. The first-order valence-corrected chi connectivity index (χ1v) is 7.66. The fourth-order valence-electron chi connectivity index (χ4n) is 2.16. The van der Waals surface area contributed by atoms with Crippen LogP contribution in [0.1, 0.15) is 56.6 Å². The Hall–Kier alpha value is -1.62. The maximum atomic E-state index is 13.8. The predicted octanol–water partition coefficient (Wildman–Crippen LogP) is 3.37. The molecule has 0 saturated heterocycles. The second kappa shape index (κ2) is 10.2. The summed E-state index contributed by atoms with van der Waals surface area (Å²) in [5.41, 5.74) is 6.40. The molecule has 0 unspecified atom stereocenters. The Labute approximate surface area is 126 Å². The van der Waals surface area contributed by atoms with Gasteiger partial charge in [0.05, 0.1) is 0 Å². The minimum absolute atomic E-state index is 0.0829. The van der Waals surface area contributed by atoms with E-state index in [2.05, 4.69) is 17.4 Å². The summed E-state index contributed by atoms with van der Waals surface area (Å²) in [4.78, 5) is 0. The molecule has 0 bridgehead atoms. The number of nitrogens with zero attached hydrogens (tertiary/aromatic N) is 1. The first kappa shape index (κ1) is 17.4. The molecule has 0 aliphatic rings. The molecule has 21 heavy (non-hydrogen) atoms. The van der Waals surface area contributed by atoms with Crippen LogP contribution >= 0.6 is 0 Å². The number of nitrogens with two attached hydrogens (primary N) is 1. The number of benzene rings is 1. The number of halogens is 1. The van der Waals surface area contributed by atoms with Crippen molar-refractivity contribution in [2.75, 3.05) is 6.54 Å². The normalized spacial score (nSPS) is 11.8. The molecule has 0 radical (unpaired) electrons. The molecule has 0 aliphatic carbocycles. The Balaban J connectivity index is 2.26. The molecule has 1 aromatic carbocycles. The van der Waals surface area contributed by atoms with Gasteiger partial charge < -0.3 is 16.3 Å². The molecular weight excluding hydrogens is 269 g/mol. The molecule has 5 heteroatoms. The number of amidine groups is 1. The van der Waals surface area contributed by atoms with E-state index in [1.54, 1.807) is 12.1 Å². The zero-order chi connectivity index (χ0) is 15.5. The predicted molar refractivity (Wildman–Crippen MR) is 84.0 cm³/mol. The Kier molecular flexibility index (Phi) is 8.43. The van der Waals surface area contributed by atoms with Crippen molar-refractivity contribution in [1.82, 2.24) is 5.32 Å². The van der Waals surface area contributed by atoms with Crippen LogP contribution in [0.2, 0.25) is 0 Å². The van der Waals surface area contributed by atoms with Crippen LogP contribution in [0.5, 0.6) is 0 Å². The van der Waals surface area contributed by atoms with E-state index >= 15 is 0 Å². The molecule has 1 aromatic rings. The maximum Gasteiger partial charge on any atom is 0.170 e. The third kappa shape index (κ3) is 6.58. The lowest BCUT2D eigenvalue weighted by molar-refractivity contribution is 0.318. The van der Waals surface area contributed by atoms with E-state index in [0.29, 0.717) is 17.7 Å². The summed E-state index contributed by atoms with van der Waals surface area (Å²) in [6.45, 7) is 3.60. The molecule has 4 N–H and O–H groups in total. The van der Waals surface area contributed by atoms with Gasteiger partial charge in [-0.05, 0) is 19.0 Å². The van der Waals surface area contributed by atoms with Crippen molar-refractivity contribution >= 4 is 5.84 Å². The van der Waals surface area contributed by atoms with E-state index in [0.717, 1.165) is 13.0 Å². The molecule has 4 nitrogen and oxygen atoms in total. The molecule has 118 valence electrons. The van der Waals surface area contributed by atoms with Crippen LogP contribution < -0.4 is 11.1 Å². The van der Waals surface area contributed by atoms with Crippen molar-refractivity contribution in [3.63, 3.8) is 0 Å². The third-order valence-electron chi connectivity index (χ3n) is 3.48. The molecule has 1 rings (SSSR count). The van der Waals surface area contributed by atoms with Crippen molar-refractivity contribution in [3.05, 3.63) is 35.1 Å². The standard InChI is InChI=1S/C16H26FN3O/c1-2-3-4-5-6-7-10-19-12-14-9-8-13(11-15(14)17)16(18)20-21/h8-9,11,19,21H,2-7,10,12H2,1H3,(H2,18,20). The fourth-order valence-corrected chi connectivity index (χ4v) is 2.16. The van der Waals surface area contributed by atoms with Gasteiger partial charge in [-0.25, -0.2) is 4.39 Å². The lowest BCUT2D eigenvalue weighted by Gasteiger charge is -2.07. The van der Waals surface area contributed by atoms with E-state index in [1.165, 1.54) is 38.2 Å². The van der Waals surface area contributed by atoms with Gasteiger partial charge in [-0.1, -0.05) is 56.3 Å². The van der Waals surface area contributed by atoms with Crippen LogP contribution in [-0.2, 0) is 6.54 Å². The summed E-state index contributed by atoms with van der Waals surface area (Å²) in [5.74, 6) is -0.421. The summed E-state index contributed by atoms with van der Waals surface area (Å²) >= 11 is 0. The lowest BCUT2D eigenvalue weighted by atomic mass is 10.1. The highest BCUT2D eigenvalue weighted by Crippen LogP contribution is 2.10. The Morgan fingerprint density at radius 3 is 2.62 bits per heavy atom. The van der Waals surface area contributed by atoms with Crippen molar-refractivity contribution in [2.24, 2.45) is 10.9 Å². The summed E-state index contributed by atoms with van der Waals surface area (Å²) < 4.78 is 13.8. The average Bonchev–Trinajstić information content (AvgIpc) is 2.50. The number of nitrogens with one attached hydrogen (secondary N) is 1. The number of oxime groups is 1. The van der Waals surface area contributed by atoms with Gasteiger partial charge in [0.25, 0.3) is 0 Å². The van der Waals surface area contributed by atoms with E-state index in [9.17, 15) is 4.39 Å². The van der Waals surface area contributed by atoms with E-state index in [1.807, 2.05) is 0 Å². The van der Waals surface area contributed by atoms with E-state index in [4.69, 9.17) is 10.9 Å². The minimum Gasteiger partial charge on any atom is -0.409 e. The number of rotatable bonds is 10. The second-order valence-corrected chi connectivity index (χ2v) is 5.24. The van der Waals surface area contributed by atoms with Gasteiger partial charge in [0.15, 0.2) is 5.84 Å². The van der Waals surface area contributed by atoms with Gasteiger partial charge in [0.1, 0.15) is 5.82 Å². The Morgan fingerprint density at radius 2 is 1.95 bits per heavy atom. The number of hydrogen-bond donors (Lipinski definition) is 3. The number of unbranched alkanes of at least 4 members (excludes halogenated alkanes) is 5. The fraction of sp³-hybridized carbons (Fsp3) is 0.562. The molecule has 0 saturated carbocycles. The van der Waals surface area contributed by atoms with Crippen molar-refractivity contribution in [3.8, 4) is 0 Å². The number of hydrogen-bond acceptors (Lipinski definition) is 3. The first-order chi connectivity index (χ1) is 10.2. The van der Waals surface area contributed by atoms with Crippen LogP contribution in [0, 0.1) is 5.82 Å². The smallest absolute Gasteiger partial charge is 0.170 e. The van der Waals surface area contributed by atoms with Gasteiger partial charge in [-0.2, -0.15) is 0 Å². The Morgan fingerprint density at radius 1 is 1.24 bits per heavy atom. The van der Waals surface area contributed by atoms with Crippen LogP contribution in [0.15, 0.2) is 23.4 Å². The minimum atomic E-state index is -0.338. The van der Waals surface area contributed by atoms with Gasteiger partial charge >= 0.3 is 0 Å². The van der Waals surface area contributed by atoms with Gasteiger partial charge in [-0.3, -0.25) is 0 Å². The first-order valence-electron chi connectivity index (χ1n) is 7.66. The lowest BCUT2D eigenvalue weighted by Crippen LogP contribution is -2.17. The molecule has 0 aromatic heterocycles. The van der Waals surface area contributed by atoms with Crippen LogP contribution in [-0.4, -0.2) is 17.6 Å². The van der Waals surface area contributed by atoms with Gasteiger partial charge in [0, 0.05) is 17.7 Å². The largest absolute Gasteiger partial charge is 0.409 e. The molecule has 0 fully saturated rings. The highest BCUT2D eigenvalue weighted by atomic mass is 19.1. The SMILES string of the molecule is CCCCCCCCNCc1ccc(/C(N)=N/O)cc1F. The van der Waals surface area contributed by atoms with Gasteiger partial charge in [0.2, 0.25) is 0 Å². The molecule has 0 aliphatic heterocycles. The molecular formula is C16H26FN3O. The molecule has 0 heterocycles. The van der Waals surface area contributed by atoms with Gasteiger partial charge in [-0.15, -0.1) is 0 Å². The molecule has 0 atom stereocenters. The van der Waals surface area contributed by atoms with Crippen molar-refractivity contribution in [1.29, 1.82) is 0 Å². The van der Waals surface area contributed by atoms with Crippen molar-refractivity contribution in [2.45, 2.75) is 52.0 Å². The molecule has 0 amide bonds.